The third-order valence-corrected chi connectivity index (χ3v) is 7.34. The van der Waals surface area contributed by atoms with Crippen molar-refractivity contribution in [2.45, 2.75) is 51.2 Å². The van der Waals surface area contributed by atoms with E-state index in [0.29, 0.717) is 29.7 Å². The smallest absolute Gasteiger partial charge is 0.320 e. The molecule has 0 spiro atoms. The molecule has 10 nitrogen and oxygen atoms in total. The highest BCUT2D eigenvalue weighted by Crippen LogP contribution is 2.28. The molecule has 11 heteroatoms. The number of hydrogen-bond acceptors (Lipinski definition) is 7. The summed E-state index contributed by atoms with van der Waals surface area (Å²) in [6.07, 6.45) is 2.57. The third-order valence-electron chi connectivity index (χ3n) is 6.69. The van der Waals surface area contributed by atoms with Crippen LogP contribution in [0.15, 0.2) is 36.4 Å². The Hall–Kier alpha value is -3.44. The van der Waals surface area contributed by atoms with Gasteiger partial charge in [0.1, 0.15) is 12.1 Å². The van der Waals surface area contributed by atoms with Gasteiger partial charge in [0.2, 0.25) is 11.8 Å². The summed E-state index contributed by atoms with van der Waals surface area (Å²) in [5, 5.41) is 19.8. The monoisotopic (exact) mass is 556 g/mol. The number of carboxylic acid groups (broad SMARTS) is 1. The zero-order valence-electron chi connectivity index (χ0n) is 22.7. The molecule has 0 radical (unpaired) electrons. The summed E-state index contributed by atoms with van der Waals surface area (Å²) in [6.45, 7) is 3.69. The number of carbonyl (C=O) groups is 5. The average Bonchev–Trinajstić information content (AvgIpc) is 3.14. The van der Waals surface area contributed by atoms with Crippen molar-refractivity contribution in [2.24, 2.45) is 5.92 Å². The second-order valence-electron chi connectivity index (χ2n) is 9.99. The quantitative estimate of drug-likeness (QED) is 0.259. The molecule has 4 amide bonds. The number of rotatable bonds is 14. The summed E-state index contributed by atoms with van der Waals surface area (Å²) in [7, 11) is 1.49. The van der Waals surface area contributed by atoms with Crippen LogP contribution >= 0.6 is 11.8 Å². The van der Waals surface area contributed by atoms with Gasteiger partial charge in [-0.2, -0.15) is 11.8 Å². The van der Waals surface area contributed by atoms with Gasteiger partial charge in [0.15, 0.2) is 0 Å². The van der Waals surface area contributed by atoms with Gasteiger partial charge in [-0.15, -0.1) is 0 Å². The molecule has 1 aliphatic heterocycles. The van der Waals surface area contributed by atoms with Crippen LogP contribution in [0.3, 0.4) is 0 Å². The Morgan fingerprint density at radius 1 is 0.923 bits per heavy atom. The number of amides is 4. The highest BCUT2D eigenvalue weighted by molar-refractivity contribution is 7.98. The zero-order chi connectivity index (χ0) is 28.7. The second kappa shape index (κ2) is 13.6. The molecular weight excluding hydrogens is 520 g/mol. The van der Waals surface area contributed by atoms with Crippen molar-refractivity contribution in [3.63, 3.8) is 0 Å². The number of benzene rings is 2. The largest absolute Gasteiger partial charge is 0.480 e. The van der Waals surface area contributed by atoms with Crippen LogP contribution in [0.25, 0.3) is 10.8 Å². The van der Waals surface area contributed by atoms with Gasteiger partial charge in [-0.25, -0.2) is 0 Å². The van der Waals surface area contributed by atoms with Crippen LogP contribution in [0.1, 0.15) is 53.8 Å². The highest BCUT2D eigenvalue weighted by atomic mass is 32.2. The SMILES string of the molecule is CNC(=O)[C@H](CCSC)NC(=O)[C@H](CC(C)C)N[C@H](CCN1C(=O)c2cc3ccccc3cc2C1=O)C(=O)O. The molecule has 0 fully saturated rings. The van der Waals surface area contributed by atoms with E-state index in [9.17, 15) is 29.1 Å². The maximum atomic E-state index is 13.2. The number of imide groups is 1. The fourth-order valence-electron chi connectivity index (χ4n) is 4.63. The first kappa shape index (κ1) is 30.1. The van der Waals surface area contributed by atoms with Crippen LogP contribution in [0.4, 0.5) is 0 Å². The molecule has 0 saturated carbocycles. The number of fused-ring (bicyclic) bond motifs is 2. The molecule has 39 heavy (non-hydrogen) atoms. The van der Waals surface area contributed by atoms with Crippen molar-refractivity contribution in [1.82, 2.24) is 20.9 Å². The Kier molecular flexibility index (Phi) is 10.5. The molecule has 0 aromatic heterocycles. The molecule has 0 bridgehead atoms. The van der Waals surface area contributed by atoms with Gasteiger partial charge in [0, 0.05) is 13.6 Å². The molecule has 2 aromatic carbocycles. The van der Waals surface area contributed by atoms with E-state index in [1.54, 1.807) is 23.9 Å². The number of nitrogens with zero attached hydrogens (tertiary/aromatic N) is 1. The van der Waals surface area contributed by atoms with Crippen LogP contribution in [-0.2, 0) is 14.4 Å². The van der Waals surface area contributed by atoms with Crippen molar-refractivity contribution in [3.8, 4) is 0 Å². The molecule has 2 aromatic rings. The molecule has 4 N–H and O–H groups in total. The minimum atomic E-state index is -1.20. The highest BCUT2D eigenvalue weighted by Gasteiger charge is 2.37. The van der Waals surface area contributed by atoms with E-state index in [1.165, 1.54) is 7.05 Å². The van der Waals surface area contributed by atoms with Crippen LogP contribution in [0, 0.1) is 5.92 Å². The van der Waals surface area contributed by atoms with E-state index in [1.807, 2.05) is 44.4 Å². The molecule has 1 aliphatic rings. The topological polar surface area (TPSA) is 145 Å². The van der Waals surface area contributed by atoms with Crippen molar-refractivity contribution in [2.75, 3.05) is 25.6 Å². The van der Waals surface area contributed by atoms with E-state index in [0.717, 1.165) is 15.7 Å². The molecular formula is C28H36N4O6S. The molecule has 3 rings (SSSR count). The van der Waals surface area contributed by atoms with Gasteiger partial charge in [-0.05, 0) is 60.1 Å². The fourth-order valence-corrected chi connectivity index (χ4v) is 5.10. The number of carboxylic acids is 1. The Bertz CT molecular complexity index is 1200. The maximum Gasteiger partial charge on any atom is 0.320 e. The van der Waals surface area contributed by atoms with Gasteiger partial charge in [-0.1, -0.05) is 38.1 Å². The summed E-state index contributed by atoms with van der Waals surface area (Å²) in [5.41, 5.74) is 0.585. The van der Waals surface area contributed by atoms with Crippen molar-refractivity contribution >= 4 is 52.1 Å². The lowest BCUT2D eigenvalue weighted by Crippen LogP contribution is -2.56. The van der Waals surface area contributed by atoms with Gasteiger partial charge in [0.25, 0.3) is 11.8 Å². The van der Waals surface area contributed by atoms with Crippen molar-refractivity contribution in [3.05, 3.63) is 47.5 Å². The van der Waals surface area contributed by atoms with Gasteiger partial charge < -0.3 is 15.7 Å². The predicted octanol–water partition coefficient (Wildman–Crippen LogP) is 2.27. The summed E-state index contributed by atoms with van der Waals surface area (Å²) in [6, 6.07) is 7.94. The number of thioether (sulfide) groups is 1. The predicted molar refractivity (Wildman–Crippen MR) is 151 cm³/mol. The Morgan fingerprint density at radius 3 is 2.00 bits per heavy atom. The summed E-state index contributed by atoms with van der Waals surface area (Å²) in [4.78, 5) is 64.8. The van der Waals surface area contributed by atoms with Crippen molar-refractivity contribution < 1.29 is 29.1 Å². The van der Waals surface area contributed by atoms with Crippen LogP contribution in [-0.4, -0.2) is 83.3 Å². The van der Waals surface area contributed by atoms with Crippen LogP contribution in [0.5, 0.6) is 0 Å². The zero-order valence-corrected chi connectivity index (χ0v) is 23.5. The van der Waals surface area contributed by atoms with E-state index >= 15 is 0 Å². The standard InChI is InChI=1S/C28H36N4O6S/c1-16(2)13-23(25(34)31-21(10-12-39-4)24(33)29-3)30-22(28(37)38)9-11-32-26(35)19-14-17-7-5-6-8-18(17)15-20(19)27(32)36/h5-8,14-16,21-23,30H,9-13H2,1-4H3,(H,29,33)(H,31,34)(H,37,38)/t21-,22+,23-/m0/s1. The number of nitrogens with one attached hydrogen (secondary N) is 3. The average molecular weight is 557 g/mol. The van der Waals surface area contributed by atoms with Gasteiger partial charge in [0.05, 0.1) is 17.2 Å². The minimum absolute atomic E-state index is 0.0534. The Morgan fingerprint density at radius 2 is 1.51 bits per heavy atom. The number of aliphatic carboxylic acids is 1. The first-order valence-electron chi connectivity index (χ1n) is 13.0. The Balaban J connectivity index is 1.73. The summed E-state index contributed by atoms with van der Waals surface area (Å²) >= 11 is 1.55. The lowest BCUT2D eigenvalue weighted by Gasteiger charge is -2.27. The summed E-state index contributed by atoms with van der Waals surface area (Å²) < 4.78 is 0. The normalized spacial score (nSPS) is 15.3. The number of carbonyl (C=O) groups excluding carboxylic acids is 4. The lowest BCUT2D eigenvalue weighted by molar-refractivity contribution is -0.140. The number of likely N-dealkylation sites (N-methyl/N-ethyl adjacent to an activating group) is 1. The minimum Gasteiger partial charge on any atom is -0.480 e. The van der Waals surface area contributed by atoms with E-state index in [4.69, 9.17) is 0 Å². The first-order valence-corrected chi connectivity index (χ1v) is 14.4. The first-order chi connectivity index (χ1) is 18.6. The van der Waals surface area contributed by atoms with Crippen LogP contribution in [0.2, 0.25) is 0 Å². The second-order valence-corrected chi connectivity index (χ2v) is 11.0. The molecule has 0 aliphatic carbocycles. The van der Waals surface area contributed by atoms with E-state index < -0.39 is 41.8 Å². The fraction of sp³-hybridized carbons (Fsp3) is 0.464. The van der Waals surface area contributed by atoms with Gasteiger partial charge in [-0.3, -0.25) is 34.2 Å². The number of hydrogen-bond donors (Lipinski definition) is 4. The molecule has 3 atom stereocenters. The molecule has 0 saturated heterocycles. The van der Waals surface area contributed by atoms with Gasteiger partial charge >= 0.3 is 5.97 Å². The van der Waals surface area contributed by atoms with Crippen molar-refractivity contribution in [1.29, 1.82) is 0 Å². The maximum absolute atomic E-state index is 13.2. The lowest BCUT2D eigenvalue weighted by atomic mass is 10.0. The molecule has 210 valence electrons. The van der Waals surface area contributed by atoms with Crippen LogP contribution < -0.4 is 16.0 Å². The van der Waals surface area contributed by atoms with E-state index in [-0.39, 0.29) is 24.8 Å². The molecule has 0 unspecified atom stereocenters. The third kappa shape index (κ3) is 7.36. The summed E-state index contributed by atoms with van der Waals surface area (Å²) in [5.74, 6) is -2.23. The Labute approximate surface area is 232 Å². The van der Waals surface area contributed by atoms with E-state index in [2.05, 4.69) is 16.0 Å². The molecule has 1 heterocycles.